The quantitative estimate of drug-likeness (QED) is 0.272. The smallest absolute Gasteiger partial charge is 0.306 e. The molecular weight excluding hydrogens is 461 g/mol. The van der Waals surface area contributed by atoms with Crippen molar-refractivity contribution in [3.8, 4) is 11.4 Å². The normalized spacial score (nSPS) is 11.0. The summed E-state index contributed by atoms with van der Waals surface area (Å²) in [6.45, 7) is 5.07. The van der Waals surface area contributed by atoms with Crippen molar-refractivity contribution in [3.63, 3.8) is 0 Å². The monoisotopic (exact) mass is 489 g/mol. The van der Waals surface area contributed by atoms with E-state index in [4.69, 9.17) is 4.74 Å². The van der Waals surface area contributed by atoms with Crippen molar-refractivity contribution in [2.75, 3.05) is 6.61 Å². The molecule has 36 heavy (non-hydrogen) atoms. The summed E-state index contributed by atoms with van der Waals surface area (Å²) in [4.78, 5) is 38.5. The molecule has 2 aromatic heterocycles. The third-order valence-corrected chi connectivity index (χ3v) is 6.37. The van der Waals surface area contributed by atoms with Crippen LogP contribution in [-0.4, -0.2) is 32.3 Å². The van der Waals surface area contributed by atoms with E-state index in [0.29, 0.717) is 23.4 Å². The van der Waals surface area contributed by atoms with E-state index in [-0.39, 0.29) is 23.6 Å². The first-order valence-corrected chi connectivity index (χ1v) is 11.7. The summed E-state index contributed by atoms with van der Waals surface area (Å²) in [5.41, 5.74) is 4.29. The van der Waals surface area contributed by atoms with Gasteiger partial charge in [0.25, 0.3) is 5.56 Å². The fourth-order valence-corrected chi connectivity index (χ4v) is 4.39. The van der Waals surface area contributed by atoms with E-state index in [0.717, 1.165) is 22.6 Å². The van der Waals surface area contributed by atoms with Gasteiger partial charge in [-0.3, -0.25) is 19.1 Å². The minimum Gasteiger partial charge on any atom is -0.457 e. The Labute approximate surface area is 208 Å². The van der Waals surface area contributed by atoms with Crippen molar-refractivity contribution in [1.29, 1.82) is 0 Å². The van der Waals surface area contributed by atoms with Crippen LogP contribution in [0, 0.1) is 26.6 Å². The molecule has 0 aliphatic carbocycles. The van der Waals surface area contributed by atoms with Crippen molar-refractivity contribution >= 4 is 11.8 Å². The van der Waals surface area contributed by atoms with Gasteiger partial charge < -0.3 is 9.30 Å². The van der Waals surface area contributed by atoms with Crippen LogP contribution in [-0.2, 0) is 23.0 Å². The molecule has 0 N–H and O–H groups in total. The van der Waals surface area contributed by atoms with E-state index >= 15 is 0 Å². The van der Waals surface area contributed by atoms with E-state index in [2.05, 4.69) is 0 Å². The van der Waals surface area contributed by atoms with Crippen LogP contribution in [0.2, 0.25) is 0 Å². The third-order valence-electron chi connectivity index (χ3n) is 6.37. The van der Waals surface area contributed by atoms with Crippen LogP contribution in [0.1, 0.15) is 39.4 Å². The SMILES string of the molecule is Cc1cc(C(=O)COC(=O)CCc2ccc(F)cc2)c(C)n1-c1c(C)n(C)n(-c2ccccc2)c1=O. The molecule has 0 aliphatic rings. The average Bonchev–Trinajstić information content (AvgIpc) is 3.28. The Morgan fingerprint density at radius 3 is 2.28 bits per heavy atom. The van der Waals surface area contributed by atoms with Crippen LogP contribution in [0.4, 0.5) is 4.39 Å². The lowest BCUT2D eigenvalue weighted by Gasteiger charge is -2.09. The Morgan fingerprint density at radius 2 is 1.61 bits per heavy atom. The van der Waals surface area contributed by atoms with Gasteiger partial charge in [-0.2, -0.15) is 0 Å². The van der Waals surface area contributed by atoms with Crippen molar-refractivity contribution in [3.05, 3.63) is 105 Å². The number of halogens is 1. The second-order valence-electron chi connectivity index (χ2n) is 8.74. The number of hydrogen-bond donors (Lipinski definition) is 0. The molecule has 2 heterocycles. The molecule has 0 saturated heterocycles. The molecule has 0 unspecified atom stereocenters. The number of carbonyl (C=O) groups is 2. The minimum atomic E-state index is -0.508. The maximum Gasteiger partial charge on any atom is 0.306 e. The number of para-hydroxylation sites is 1. The lowest BCUT2D eigenvalue weighted by atomic mass is 10.1. The Balaban J connectivity index is 1.52. The number of Topliss-reactive ketones (excluding diaryl/α,β-unsaturated/α-hetero) is 1. The second-order valence-corrected chi connectivity index (χ2v) is 8.74. The first kappa shape index (κ1) is 24.9. The number of carbonyl (C=O) groups excluding carboxylic acids is 2. The Kier molecular flexibility index (Phi) is 7.05. The van der Waals surface area contributed by atoms with Gasteiger partial charge in [-0.25, -0.2) is 9.07 Å². The highest BCUT2D eigenvalue weighted by atomic mass is 19.1. The number of ether oxygens (including phenoxy) is 1. The molecule has 0 radical (unpaired) electrons. The summed E-state index contributed by atoms with van der Waals surface area (Å²) >= 11 is 0. The highest BCUT2D eigenvalue weighted by molar-refractivity contribution is 5.99. The summed E-state index contributed by atoms with van der Waals surface area (Å²) in [7, 11) is 1.82. The summed E-state index contributed by atoms with van der Waals surface area (Å²) in [5.74, 6) is -1.19. The number of aryl methyl sites for hydroxylation is 2. The van der Waals surface area contributed by atoms with Crippen molar-refractivity contribution in [2.24, 2.45) is 7.05 Å². The number of esters is 1. The highest BCUT2D eigenvalue weighted by Crippen LogP contribution is 2.23. The predicted molar refractivity (Wildman–Crippen MR) is 135 cm³/mol. The number of benzene rings is 2. The molecule has 186 valence electrons. The number of rotatable bonds is 8. The molecule has 4 rings (SSSR count). The van der Waals surface area contributed by atoms with E-state index in [1.807, 2.05) is 51.2 Å². The zero-order chi connectivity index (χ0) is 26.0. The number of nitrogens with zero attached hydrogens (tertiary/aromatic N) is 3. The molecule has 4 aromatic rings. The lowest BCUT2D eigenvalue weighted by Crippen LogP contribution is -2.22. The first-order valence-electron chi connectivity index (χ1n) is 11.7. The van der Waals surface area contributed by atoms with Crippen LogP contribution >= 0.6 is 0 Å². The van der Waals surface area contributed by atoms with Gasteiger partial charge in [0.1, 0.15) is 11.5 Å². The molecule has 0 saturated carbocycles. The molecule has 0 atom stereocenters. The van der Waals surface area contributed by atoms with Gasteiger partial charge in [0.05, 0.1) is 11.4 Å². The van der Waals surface area contributed by atoms with E-state index in [9.17, 15) is 18.8 Å². The van der Waals surface area contributed by atoms with Gasteiger partial charge in [-0.1, -0.05) is 30.3 Å². The van der Waals surface area contributed by atoms with Crippen LogP contribution in [0.25, 0.3) is 11.4 Å². The molecule has 8 heteroatoms. The Bertz CT molecular complexity index is 1480. The second kappa shape index (κ2) is 10.2. The standard InChI is InChI=1S/C28H28FN3O4/c1-18-16-24(25(33)17-36-26(34)15-12-21-10-13-22(29)14-11-21)19(2)31(18)27-20(3)30(4)32(28(27)35)23-8-6-5-7-9-23/h5-11,13-14,16H,12,15,17H2,1-4H3. The van der Waals surface area contributed by atoms with Crippen molar-refractivity contribution < 1.29 is 18.7 Å². The zero-order valence-corrected chi connectivity index (χ0v) is 20.7. The van der Waals surface area contributed by atoms with E-state index < -0.39 is 12.6 Å². The fraction of sp³-hybridized carbons (Fsp3) is 0.250. The Morgan fingerprint density at radius 1 is 0.944 bits per heavy atom. The summed E-state index contributed by atoms with van der Waals surface area (Å²) in [5, 5.41) is 0. The topological polar surface area (TPSA) is 75.2 Å². The van der Waals surface area contributed by atoms with Crippen LogP contribution in [0.15, 0.2) is 65.5 Å². The first-order chi connectivity index (χ1) is 17.2. The van der Waals surface area contributed by atoms with Crippen LogP contribution in [0.5, 0.6) is 0 Å². The van der Waals surface area contributed by atoms with E-state index in [1.165, 1.54) is 12.1 Å². The molecule has 2 aromatic carbocycles. The van der Waals surface area contributed by atoms with Crippen LogP contribution < -0.4 is 5.56 Å². The summed E-state index contributed by atoms with van der Waals surface area (Å²) < 4.78 is 23.4. The molecule has 0 bridgehead atoms. The number of hydrogen-bond acceptors (Lipinski definition) is 4. The van der Waals surface area contributed by atoms with Gasteiger partial charge in [-0.05, 0) is 63.1 Å². The molecule has 0 fully saturated rings. The van der Waals surface area contributed by atoms with Gasteiger partial charge >= 0.3 is 5.97 Å². The lowest BCUT2D eigenvalue weighted by molar-refractivity contribution is -0.142. The largest absolute Gasteiger partial charge is 0.457 e. The van der Waals surface area contributed by atoms with Crippen LogP contribution in [0.3, 0.4) is 0 Å². The van der Waals surface area contributed by atoms with Gasteiger partial charge in [-0.15, -0.1) is 0 Å². The van der Waals surface area contributed by atoms with Gasteiger partial charge in [0, 0.05) is 30.4 Å². The van der Waals surface area contributed by atoms with Crippen molar-refractivity contribution in [2.45, 2.75) is 33.6 Å². The molecule has 0 spiro atoms. The Hall–Kier alpha value is -4.20. The predicted octanol–water partition coefficient (Wildman–Crippen LogP) is 4.39. The summed E-state index contributed by atoms with van der Waals surface area (Å²) in [6.07, 6.45) is 0.475. The minimum absolute atomic E-state index is 0.0835. The molecule has 0 aliphatic heterocycles. The van der Waals surface area contributed by atoms with E-state index in [1.54, 1.807) is 39.1 Å². The number of ketones is 1. The van der Waals surface area contributed by atoms with Gasteiger partial charge in [0.2, 0.25) is 5.78 Å². The fourth-order valence-electron chi connectivity index (χ4n) is 4.39. The van der Waals surface area contributed by atoms with Crippen molar-refractivity contribution in [1.82, 2.24) is 13.9 Å². The average molecular weight is 490 g/mol. The maximum atomic E-state index is 13.5. The van der Waals surface area contributed by atoms with Gasteiger partial charge in [0.15, 0.2) is 6.61 Å². The summed E-state index contributed by atoms with van der Waals surface area (Å²) in [6, 6.07) is 17.0. The third kappa shape index (κ3) is 4.79. The number of aromatic nitrogens is 3. The molecular formula is C28H28FN3O4. The zero-order valence-electron chi connectivity index (χ0n) is 20.7. The molecule has 7 nitrogen and oxygen atoms in total. The highest BCUT2D eigenvalue weighted by Gasteiger charge is 2.24. The maximum absolute atomic E-state index is 13.5. The molecule has 0 amide bonds.